The molecule has 2 aliphatic rings. The molecular weight excluding hydrogens is 521 g/mol. The van der Waals surface area contributed by atoms with E-state index in [1.165, 1.54) is 11.2 Å². The summed E-state index contributed by atoms with van der Waals surface area (Å²) in [5.41, 5.74) is -0.245. The first-order valence-corrected chi connectivity index (χ1v) is 12.6. The average Bonchev–Trinajstić information content (AvgIpc) is 3.47. The Balaban J connectivity index is 1.98. The van der Waals surface area contributed by atoms with Crippen LogP contribution < -0.4 is 9.64 Å². The predicted molar refractivity (Wildman–Crippen MR) is 116 cm³/mol. The molecule has 6 nitrogen and oxygen atoms in total. The van der Waals surface area contributed by atoms with Crippen molar-refractivity contribution in [2.75, 3.05) is 24.3 Å². The molecule has 12 heteroatoms. The highest BCUT2D eigenvalue weighted by Crippen LogP contribution is 2.48. The van der Waals surface area contributed by atoms with Crippen LogP contribution in [0.15, 0.2) is 9.63 Å². The van der Waals surface area contributed by atoms with Gasteiger partial charge < -0.3 is 9.64 Å². The summed E-state index contributed by atoms with van der Waals surface area (Å²) in [6.45, 7) is -0.730. The van der Waals surface area contributed by atoms with Gasteiger partial charge in [-0.1, -0.05) is 11.6 Å². The lowest BCUT2D eigenvalue weighted by molar-refractivity contribution is 0.147. The summed E-state index contributed by atoms with van der Waals surface area (Å²) in [5, 5.41) is 8.83. The maximum absolute atomic E-state index is 15.1. The number of hydrogen-bond acceptors (Lipinski definition) is 6. The van der Waals surface area contributed by atoms with Crippen molar-refractivity contribution in [1.29, 1.82) is 5.26 Å². The molecule has 4 atom stereocenters. The van der Waals surface area contributed by atoms with E-state index in [2.05, 4.69) is 37.8 Å². The number of hydrogen-bond donors (Lipinski definition) is 0. The third kappa shape index (κ3) is 4.05. The van der Waals surface area contributed by atoms with Gasteiger partial charge in [-0.25, -0.2) is 23.1 Å². The number of benzene rings is 1. The summed E-state index contributed by atoms with van der Waals surface area (Å²) in [5.74, 6) is 2.64. The molecule has 2 aromatic rings. The van der Waals surface area contributed by atoms with E-state index in [0.717, 1.165) is 0 Å². The number of ether oxygens (including phenoxy) is 1. The van der Waals surface area contributed by atoms with Crippen LogP contribution in [-0.2, 0) is 9.52 Å². The second kappa shape index (κ2) is 7.98. The van der Waals surface area contributed by atoms with Crippen LogP contribution in [0.5, 0.6) is 5.75 Å². The largest absolute Gasteiger partial charge is 0.489 e. The molecule has 4 rings (SSSR count). The van der Waals surface area contributed by atoms with E-state index in [1.54, 1.807) is 0 Å². The summed E-state index contributed by atoms with van der Waals surface area (Å²) in [6, 6.07) is 1.61. The van der Waals surface area contributed by atoms with Crippen LogP contribution in [-0.4, -0.2) is 51.9 Å². The SMILES string of the molecule is C=S(C)(=O)c1nc2c3c(c(Cl)c(Br)c(F)c3n1)OCC(CC1CC1C#N)N2CC(F)F. The molecule has 0 N–H and O–H groups in total. The number of nitrogens with zero attached hydrogens (tertiary/aromatic N) is 4. The molecule has 0 radical (unpaired) electrons. The van der Waals surface area contributed by atoms with Crippen LogP contribution in [0.4, 0.5) is 19.0 Å². The van der Waals surface area contributed by atoms with Crippen molar-refractivity contribution in [1.82, 2.24) is 9.97 Å². The summed E-state index contributed by atoms with van der Waals surface area (Å²) in [7, 11) is -3.00. The summed E-state index contributed by atoms with van der Waals surface area (Å²) >= 11 is 9.38. The van der Waals surface area contributed by atoms with Crippen LogP contribution in [0.1, 0.15) is 12.8 Å². The van der Waals surface area contributed by atoms with Crippen LogP contribution in [0.2, 0.25) is 5.02 Å². The van der Waals surface area contributed by atoms with Gasteiger partial charge in [-0.2, -0.15) is 5.26 Å². The fourth-order valence-electron chi connectivity index (χ4n) is 3.78. The Labute approximate surface area is 190 Å². The Morgan fingerprint density at radius 2 is 2.19 bits per heavy atom. The molecule has 0 bridgehead atoms. The van der Waals surface area contributed by atoms with E-state index in [-0.39, 0.29) is 55.6 Å². The molecule has 1 aliphatic carbocycles. The number of rotatable bonds is 5. The van der Waals surface area contributed by atoms with Crippen LogP contribution in [0, 0.1) is 29.0 Å². The topological polar surface area (TPSA) is 79.1 Å². The minimum absolute atomic E-state index is 0.0220. The van der Waals surface area contributed by atoms with Crippen LogP contribution >= 0.6 is 27.5 Å². The van der Waals surface area contributed by atoms with Crippen molar-refractivity contribution in [2.24, 2.45) is 11.8 Å². The lowest BCUT2D eigenvalue weighted by atomic mass is 10.1. The van der Waals surface area contributed by atoms with Gasteiger partial charge in [0.25, 0.3) is 6.43 Å². The number of halogens is 5. The second-order valence-electron chi connectivity index (χ2n) is 7.80. The van der Waals surface area contributed by atoms with Gasteiger partial charge in [0.1, 0.15) is 23.0 Å². The van der Waals surface area contributed by atoms with E-state index >= 15 is 4.39 Å². The fraction of sp³-hybridized carbons (Fsp3) is 0.474. The summed E-state index contributed by atoms with van der Waals surface area (Å²) < 4.78 is 60.6. The van der Waals surface area contributed by atoms with Crippen LogP contribution in [0.3, 0.4) is 0 Å². The number of alkyl halides is 2. The Kier molecular flexibility index (Phi) is 5.77. The number of anilines is 1. The molecule has 1 fully saturated rings. The predicted octanol–water partition coefficient (Wildman–Crippen LogP) is 4.27. The Morgan fingerprint density at radius 3 is 2.77 bits per heavy atom. The van der Waals surface area contributed by atoms with Crippen molar-refractivity contribution in [3.05, 3.63) is 15.3 Å². The molecule has 1 saturated carbocycles. The highest BCUT2D eigenvalue weighted by atomic mass is 79.9. The fourth-order valence-corrected chi connectivity index (χ4v) is 4.94. The molecule has 0 saturated heterocycles. The van der Waals surface area contributed by atoms with E-state index < -0.39 is 34.4 Å². The third-order valence-electron chi connectivity index (χ3n) is 5.41. The molecule has 1 aromatic heterocycles. The zero-order valence-electron chi connectivity index (χ0n) is 16.2. The Bertz CT molecular complexity index is 1220. The second-order valence-corrected chi connectivity index (χ2v) is 11.4. The number of nitriles is 1. The lowest BCUT2D eigenvalue weighted by Gasteiger charge is -2.31. The van der Waals surface area contributed by atoms with Crippen molar-refractivity contribution in [2.45, 2.75) is 30.5 Å². The van der Waals surface area contributed by atoms with Gasteiger partial charge in [-0.3, -0.25) is 4.21 Å². The van der Waals surface area contributed by atoms with Gasteiger partial charge in [0.05, 0.1) is 28.5 Å². The maximum Gasteiger partial charge on any atom is 0.255 e. The van der Waals surface area contributed by atoms with Gasteiger partial charge in [-0.05, 0) is 40.6 Å². The van der Waals surface area contributed by atoms with Crippen molar-refractivity contribution in [3.63, 3.8) is 0 Å². The van der Waals surface area contributed by atoms with Gasteiger partial charge in [-0.15, -0.1) is 0 Å². The van der Waals surface area contributed by atoms with Crippen LogP contribution in [0.25, 0.3) is 10.9 Å². The lowest BCUT2D eigenvalue weighted by Crippen LogP contribution is -2.42. The molecule has 4 unspecified atom stereocenters. The molecular formula is C19H17BrClF3N4O2S. The third-order valence-corrected chi connectivity index (χ3v) is 7.69. The van der Waals surface area contributed by atoms with Gasteiger partial charge in [0, 0.05) is 21.7 Å². The van der Waals surface area contributed by atoms with Gasteiger partial charge in [0.2, 0.25) is 5.16 Å². The first-order chi connectivity index (χ1) is 14.5. The Morgan fingerprint density at radius 1 is 1.48 bits per heavy atom. The highest BCUT2D eigenvalue weighted by Gasteiger charge is 2.42. The molecule has 2 heterocycles. The summed E-state index contributed by atoms with van der Waals surface area (Å²) in [4.78, 5) is 9.69. The smallest absolute Gasteiger partial charge is 0.255 e. The van der Waals surface area contributed by atoms with E-state index in [9.17, 15) is 13.0 Å². The monoisotopic (exact) mass is 536 g/mol. The zero-order valence-corrected chi connectivity index (χ0v) is 19.4. The van der Waals surface area contributed by atoms with E-state index in [4.69, 9.17) is 21.6 Å². The minimum atomic E-state index is -3.00. The summed E-state index contributed by atoms with van der Waals surface area (Å²) in [6.07, 6.45) is -0.360. The van der Waals surface area contributed by atoms with Crippen molar-refractivity contribution >= 4 is 59.6 Å². The average molecular weight is 538 g/mol. The van der Waals surface area contributed by atoms with Gasteiger partial charge in [0.15, 0.2) is 11.6 Å². The first kappa shape index (κ1) is 22.4. The minimum Gasteiger partial charge on any atom is -0.489 e. The first-order valence-electron chi connectivity index (χ1n) is 9.30. The molecule has 0 amide bonds. The van der Waals surface area contributed by atoms with Gasteiger partial charge >= 0.3 is 0 Å². The maximum atomic E-state index is 15.1. The number of aromatic nitrogens is 2. The molecule has 31 heavy (non-hydrogen) atoms. The van der Waals surface area contributed by atoms with Crippen molar-refractivity contribution < 1.29 is 22.1 Å². The van der Waals surface area contributed by atoms with E-state index in [0.29, 0.717) is 12.8 Å². The highest BCUT2D eigenvalue weighted by molar-refractivity contribution is 9.10. The quantitative estimate of drug-likeness (QED) is 0.322. The standard InChI is InChI=1S/C19H17BrClF3N4O2S/c1-31(2,29)19-26-16-12-17(14(21)13(20)15(16)24)30-7-10(4-8-3-9(8)5-25)28(6-11(22)23)18(12)27-19/h8-11H,1,3-4,6-7H2,2H3. The normalized spacial score (nSPS) is 24.5. The van der Waals surface area contributed by atoms with Crippen molar-refractivity contribution in [3.8, 4) is 11.8 Å². The zero-order chi connectivity index (χ0) is 22.7. The molecule has 1 aliphatic heterocycles. The van der Waals surface area contributed by atoms with E-state index in [1.807, 2.05) is 0 Å². The Hall–Kier alpha value is -1.77. The molecule has 0 spiro atoms. The molecule has 1 aromatic carbocycles. The molecule has 166 valence electrons.